The lowest BCUT2D eigenvalue weighted by atomic mass is 9.62. The predicted octanol–water partition coefficient (Wildman–Crippen LogP) is 3.16. The fraction of sp³-hybridized carbons (Fsp3) is 0.526. The molecule has 1 fully saturated rings. The molecule has 2 rings (SSSR count). The number of carbonyl (C=O) groups excluding carboxylic acids is 3. The summed E-state index contributed by atoms with van der Waals surface area (Å²) in [4.78, 5) is 37.9. The molecule has 1 aromatic rings. The normalized spacial score (nSPS) is 27.9. The van der Waals surface area contributed by atoms with Gasteiger partial charge in [-0.3, -0.25) is 14.4 Å². The van der Waals surface area contributed by atoms with Crippen molar-refractivity contribution in [3.8, 4) is 0 Å². The second-order valence-corrected chi connectivity index (χ2v) is 7.47. The van der Waals surface area contributed by atoms with E-state index in [1.807, 2.05) is 0 Å². The van der Waals surface area contributed by atoms with Crippen LogP contribution in [0.5, 0.6) is 0 Å². The van der Waals surface area contributed by atoms with Gasteiger partial charge >= 0.3 is 11.9 Å². The van der Waals surface area contributed by atoms with Crippen LogP contribution >= 0.6 is 23.2 Å². The molecule has 0 bridgehead atoms. The first-order valence-corrected chi connectivity index (χ1v) is 9.42. The molecule has 0 aliphatic heterocycles. The smallest absolute Gasteiger partial charge is 0.317 e. The first-order chi connectivity index (χ1) is 12.6. The van der Waals surface area contributed by atoms with Crippen LogP contribution in [0.1, 0.15) is 38.7 Å². The minimum absolute atomic E-state index is 0.0805. The molecule has 8 heteroatoms. The Morgan fingerprint density at radius 2 is 1.74 bits per heavy atom. The molecule has 0 spiro atoms. The first kappa shape index (κ1) is 21.7. The molecule has 1 N–H and O–H groups in total. The van der Waals surface area contributed by atoms with Gasteiger partial charge in [0, 0.05) is 12.3 Å². The summed E-state index contributed by atoms with van der Waals surface area (Å²) in [6.45, 7) is 4.82. The highest BCUT2D eigenvalue weighted by atomic mass is 35.5. The molecule has 0 heterocycles. The van der Waals surface area contributed by atoms with Gasteiger partial charge in [0.25, 0.3) is 0 Å². The van der Waals surface area contributed by atoms with Crippen LogP contribution in [0, 0.1) is 11.8 Å². The summed E-state index contributed by atoms with van der Waals surface area (Å²) in [5.74, 6) is -5.34. The molecule has 148 valence electrons. The van der Waals surface area contributed by atoms with Crippen molar-refractivity contribution in [1.82, 2.24) is 0 Å². The Labute approximate surface area is 167 Å². The van der Waals surface area contributed by atoms with Gasteiger partial charge in [-0.2, -0.15) is 0 Å². The molecule has 0 amide bonds. The van der Waals surface area contributed by atoms with E-state index in [4.69, 9.17) is 32.7 Å². The SMILES string of the molecule is CCOC(=O)[C@@H]1C(=O)C[C@](C)(O)[C@H](C(=O)OCC)[C@@H]1c1ccc(Cl)c(Cl)c1. The van der Waals surface area contributed by atoms with Crippen molar-refractivity contribution in [3.05, 3.63) is 33.8 Å². The summed E-state index contributed by atoms with van der Waals surface area (Å²) in [5, 5.41) is 11.3. The third-order valence-corrected chi connectivity index (χ3v) is 5.42. The average Bonchev–Trinajstić information content (AvgIpc) is 2.56. The van der Waals surface area contributed by atoms with Gasteiger partial charge in [-0.15, -0.1) is 0 Å². The van der Waals surface area contributed by atoms with Gasteiger partial charge < -0.3 is 14.6 Å². The van der Waals surface area contributed by atoms with E-state index >= 15 is 0 Å². The Balaban J connectivity index is 2.64. The number of ether oxygens (including phenoxy) is 2. The van der Waals surface area contributed by atoms with Crippen molar-refractivity contribution >= 4 is 40.9 Å². The second-order valence-electron chi connectivity index (χ2n) is 6.66. The molecule has 27 heavy (non-hydrogen) atoms. The number of benzene rings is 1. The molecule has 1 aliphatic rings. The summed E-state index contributed by atoms with van der Waals surface area (Å²) < 4.78 is 10.2. The van der Waals surface area contributed by atoms with E-state index < -0.39 is 41.1 Å². The van der Waals surface area contributed by atoms with E-state index in [9.17, 15) is 19.5 Å². The molecule has 1 aromatic carbocycles. The maximum absolute atomic E-state index is 12.7. The van der Waals surface area contributed by atoms with Crippen LogP contribution in [0.2, 0.25) is 10.0 Å². The Kier molecular flexibility index (Phi) is 6.89. The number of hydrogen-bond donors (Lipinski definition) is 1. The van der Waals surface area contributed by atoms with Crippen molar-refractivity contribution in [2.24, 2.45) is 11.8 Å². The second kappa shape index (κ2) is 8.59. The number of aliphatic hydroxyl groups is 1. The minimum Gasteiger partial charge on any atom is -0.466 e. The maximum Gasteiger partial charge on any atom is 0.317 e. The van der Waals surface area contributed by atoms with Crippen molar-refractivity contribution in [3.63, 3.8) is 0 Å². The van der Waals surface area contributed by atoms with Crippen LogP contribution in [0.25, 0.3) is 0 Å². The summed E-state index contributed by atoms with van der Waals surface area (Å²) >= 11 is 12.1. The summed E-state index contributed by atoms with van der Waals surface area (Å²) in [5.41, 5.74) is -1.27. The molecule has 1 aliphatic carbocycles. The van der Waals surface area contributed by atoms with E-state index in [0.29, 0.717) is 5.56 Å². The fourth-order valence-corrected chi connectivity index (χ4v) is 3.91. The highest BCUT2D eigenvalue weighted by Gasteiger charge is 2.57. The fourth-order valence-electron chi connectivity index (χ4n) is 3.60. The number of hydrogen-bond acceptors (Lipinski definition) is 6. The molecule has 0 saturated heterocycles. The Morgan fingerprint density at radius 3 is 2.30 bits per heavy atom. The van der Waals surface area contributed by atoms with E-state index in [1.54, 1.807) is 19.9 Å². The molecule has 0 radical (unpaired) electrons. The van der Waals surface area contributed by atoms with E-state index in [2.05, 4.69) is 0 Å². The third-order valence-electron chi connectivity index (χ3n) is 4.68. The van der Waals surface area contributed by atoms with E-state index in [-0.39, 0.29) is 29.7 Å². The standard InChI is InChI=1S/C19H22Cl2O6/c1-4-26-17(23)15-13(22)9-19(3,25)16(18(24)27-5-2)14(15)10-6-7-11(20)12(21)8-10/h6-8,14-16,25H,4-5,9H2,1-3H3/t14-,15-,16+,19+/m1/s1. The number of halogens is 2. The molecule has 0 aromatic heterocycles. The van der Waals surface area contributed by atoms with Gasteiger partial charge in [0.05, 0.1) is 34.8 Å². The zero-order valence-electron chi connectivity index (χ0n) is 15.3. The predicted molar refractivity (Wildman–Crippen MR) is 99.7 cm³/mol. The highest BCUT2D eigenvalue weighted by Crippen LogP contribution is 2.47. The Morgan fingerprint density at radius 1 is 1.15 bits per heavy atom. The van der Waals surface area contributed by atoms with E-state index in [0.717, 1.165) is 0 Å². The van der Waals surface area contributed by atoms with Crippen molar-refractivity contribution in [2.45, 2.75) is 38.7 Å². The molecule has 1 saturated carbocycles. The lowest BCUT2D eigenvalue weighted by Crippen LogP contribution is -2.55. The lowest BCUT2D eigenvalue weighted by Gasteiger charge is -2.43. The summed E-state index contributed by atoms with van der Waals surface area (Å²) in [6, 6.07) is 4.57. The average molecular weight is 417 g/mol. The largest absolute Gasteiger partial charge is 0.466 e. The highest BCUT2D eigenvalue weighted by molar-refractivity contribution is 6.42. The molecular formula is C19H22Cl2O6. The lowest BCUT2D eigenvalue weighted by molar-refractivity contribution is -0.172. The Hall–Kier alpha value is -1.63. The van der Waals surface area contributed by atoms with Crippen LogP contribution in [-0.2, 0) is 23.9 Å². The molecule has 0 unspecified atom stereocenters. The number of Topliss-reactive ketones (excluding diaryl/α,β-unsaturated/α-hetero) is 1. The van der Waals surface area contributed by atoms with Gasteiger partial charge in [0.1, 0.15) is 5.92 Å². The number of rotatable bonds is 5. The molecule has 4 atom stereocenters. The first-order valence-electron chi connectivity index (χ1n) is 8.67. The van der Waals surface area contributed by atoms with Gasteiger partial charge in [-0.1, -0.05) is 29.3 Å². The molecule has 6 nitrogen and oxygen atoms in total. The summed E-state index contributed by atoms with van der Waals surface area (Å²) in [6.07, 6.45) is -0.363. The topological polar surface area (TPSA) is 89.9 Å². The zero-order chi connectivity index (χ0) is 20.4. The van der Waals surface area contributed by atoms with E-state index in [1.165, 1.54) is 19.1 Å². The minimum atomic E-state index is -1.69. The van der Waals surface area contributed by atoms with Crippen LogP contribution < -0.4 is 0 Å². The van der Waals surface area contributed by atoms with Crippen molar-refractivity contribution in [1.29, 1.82) is 0 Å². The number of esters is 2. The Bertz CT molecular complexity index is 746. The molecular weight excluding hydrogens is 395 g/mol. The van der Waals surface area contributed by atoms with Gasteiger partial charge in [0.15, 0.2) is 5.78 Å². The van der Waals surface area contributed by atoms with Gasteiger partial charge in [-0.05, 0) is 38.5 Å². The monoisotopic (exact) mass is 416 g/mol. The van der Waals surface area contributed by atoms with Crippen LogP contribution in [0.4, 0.5) is 0 Å². The van der Waals surface area contributed by atoms with Crippen LogP contribution in [0.15, 0.2) is 18.2 Å². The van der Waals surface area contributed by atoms with Crippen LogP contribution in [0.3, 0.4) is 0 Å². The zero-order valence-corrected chi connectivity index (χ0v) is 16.8. The number of ketones is 1. The van der Waals surface area contributed by atoms with Crippen LogP contribution in [-0.4, -0.2) is 41.6 Å². The van der Waals surface area contributed by atoms with Gasteiger partial charge in [-0.25, -0.2) is 0 Å². The number of carbonyl (C=O) groups is 3. The maximum atomic E-state index is 12.7. The van der Waals surface area contributed by atoms with Crippen molar-refractivity contribution in [2.75, 3.05) is 13.2 Å². The van der Waals surface area contributed by atoms with Gasteiger partial charge in [0.2, 0.25) is 0 Å². The quantitative estimate of drug-likeness (QED) is 0.585. The summed E-state index contributed by atoms with van der Waals surface area (Å²) in [7, 11) is 0. The van der Waals surface area contributed by atoms with Crippen molar-refractivity contribution < 1.29 is 29.0 Å². The third kappa shape index (κ3) is 4.45.